The highest BCUT2D eigenvalue weighted by atomic mass is 32.3. The molecule has 0 saturated heterocycles. The van der Waals surface area contributed by atoms with E-state index in [4.69, 9.17) is 0 Å². The molecule has 5 nitrogen and oxygen atoms in total. The van der Waals surface area contributed by atoms with Crippen LogP contribution in [0.4, 0.5) is 8.68 Å². The molecule has 0 aromatic rings. The summed E-state index contributed by atoms with van der Waals surface area (Å²) in [4.78, 5) is 10.4. The molecule has 0 N–H and O–H groups in total. The number of hydrogen-bond acceptors (Lipinski definition) is 5. The molecule has 0 unspecified atom stereocenters. The Bertz CT molecular complexity index is 234. The molecule has 0 atom stereocenters. The fraction of sp³-hybridized carbons (Fsp3) is 0.800. The van der Waals surface area contributed by atoms with E-state index in [1.165, 1.54) is 0 Å². The van der Waals surface area contributed by atoms with Gasteiger partial charge in [-0.2, -0.15) is 8.42 Å². The van der Waals surface area contributed by atoms with Crippen LogP contribution in [-0.2, 0) is 19.7 Å². The molecule has 0 aliphatic rings. The number of halogens is 1. The van der Waals surface area contributed by atoms with Gasteiger partial charge in [-0.3, -0.25) is 0 Å². The summed E-state index contributed by atoms with van der Waals surface area (Å²) >= 11 is 0. The highest BCUT2D eigenvalue weighted by Crippen LogP contribution is 1.92. The smallest absolute Gasteiger partial charge is 0.435 e. The predicted molar refractivity (Wildman–Crippen MR) is 37.9 cm³/mol. The quantitative estimate of drug-likeness (QED) is 0.487. The van der Waals surface area contributed by atoms with E-state index in [9.17, 15) is 17.1 Å². The van der Waals surface area contributed by atoms with Gasteiger partial charge in [0.2, 0.25) is 0 Å². The minimum Gasteiger partial charge on any atom is -0.435 e. The van der Waals surface area contributed by atoms with Crippen LogP contribution in [0.2, 0.25) is 0 Å². The van der Waals surface area contributed by atoms with Crippen LogP contribution in [0.3, 0.4) is 0 Å². The van der Waals surface area contributed by atoms with Crippen molar-refractivity contribution < 1.29 is 26.6 Å². The summed E-state index contributed by atoms with van der Waals surface area (Å²) in [6.07, 6.45) is -0.999. The van der Waals surface area contributed by atoms with Gasteiger partial charge in [0, 0.05) is 0 Å². The van der Waals surface area contributed by atoms with Gasteiger partial charge < -0.3 is 9.47 Å². The molecule has 0 aromatic heterocycles. The summed E-state index contributed by atoms with van der Waals surface area (Å²) in [6, 6.07) is 0. The van der Waals surface area contributed by atoms with Crippen LogP contribution in [0.5, 0.6) is 0 Å². The van der Waals surface area contributed by atoms with E-state index >= 15 is 0 Å². The normalized spacial score (nSPS) is 10.8. The van der Waals surface area contributed by atoms with Gasteiger partial charge in [-0.25, -0.2) is 4.79 Å². The third kappa shape index (κ3) is 7.26. The van der Waals surface area contributed by atoms with Crippen molar-refractivity contribution in [3.63, 3.8) is 0 Å². The molecular formula is C5H9FO5S. The van der Waals surface area contributed by atoms with Gasteiger partial charge in [0.25, 0.3) is 0 Å². The molecule has 12 heavy (non-hydrogen) atoms. The van der Waals surface area contributed by atoms with E-state index in [0.717, 1.165) is 0 Å². The Morgan fingerprint density at radius 2 is 2.00 bits per heavy atom. The molecule has 0 amide bonds. The monoisotopic (exact) mass is 200 g/mol. The molecule has 0 aliphatic heterocycles. The molecule has 0 spiro atoms. The summed E-state index contributed by atoms with van der Waals surface area (Å²) in [5.41, 5.74) is 0. The van der Waals surface area contributed by atoms with Crippen LogP contribution >= 0.6 is 0 Å². The van der Waals surface area contributed by atoms with E-state index in [2.05, 4.69) is 9.47 Å². The topological polar surface area (TPSA) is 69.7 Å². The van der Waals surface area contributed by atoms with Crippen LogP contribution in [0.15, 0.2) is 0 Å². The molecule has 7 heteroatoms. The molecule has 0 aliphatic carbocycles. The van der Waals surface area contributed by atoms with Gasteiger partial charge in [0.15, 0.2) is 0 Å². The molecule has 0 heterocycles. The zero-order chi connectivity index (χ0) is 9.61. The summed E-state index contributed by atoms with van der Waals surface area (Å²) < 4.78 is 40.0. The number of carbonyl (C=O) groups is 1. The second-order valence-electron chi connectivity index (χ2n) is 1.77. The van der Waals surface area contributed by atoms with E-state index in [0.29, 0.717) is 0 Å². The fourth-order valence-corrected chi connectivity index (χ4v) is 0.666. The van der Waals surface area contributed by atoms with Crippen molar-refractivity contribution in [2.45, 2.75) is 6.92 Å². The fourth-order valence-electron chi connectivity index (χ4n) is 0.384. The van der Waals surface area contributed by atoms with Crippen molar-refractivity contribution in [1.29, 1.82) is 0 Å². The van der Waals surface area contributed by atoms with E-state index < -0.39 is 28.7 Å². The first-order chi connectivity index (χ1) is 5.45. The highest BCUT2D eigenvalue weighted by Gasteiger charge is 2.09. The van der Waals surface area contributed by atoms with Gasteiger partial charge in [-0.1, -0.05) is 0 Å². The van der Waals surface area contributed by atoms with E-state index in [-0.39, 0.29) is 6.61 Å². The standard InChI is InChI=1S/C5H9FO5S/c1-2-10-5(7)11-3-4-12(6,8)9/h2-4H2,1H3. The average molecular weight is 200 g/mol. The van der Waals surface area contributed by atoms with Crippen molar-refractivity contribution in [2.75, 3.05) is 19.0 Å². The molecule has 0 aromatic carbocycles. The SMILES string of the molecule is CCOC(=O)OCCS(=O)(=O)F. The number of ether oxygens (including phenoxy) is 2. The molecule has 0 rings (SSSR count). The van der Waals surface area contributed by atoms with Crippen molar-refractivity contribution in [2.24, 2.45) is 0 Å². The Hall–Kier alpha value is -0.850. The lowest BCUT2D eigenvalue weighted by molar-refractivity contribution is 0.0634. The maximum absolute atomic E-state index is 11.8. The van der Waals surface area contributed by atoms with Gasteiger partial charge in [0.05, 0.1) is 6.61 Å². The van der Waals surface area contributed by atoms with Crippen LogP contribution in [0.1, 0.15) is 6.92 Å². The Morgan fingerprint density at radius 3 is 2.42 bits per heavy atom. The maximum atomic E-state index is 11.8. The second-order valence-corrected chi connectivity index (χ2v) is 3.26. The van der Waals surface area contributed by atoms with Crippen molar-refractivity contribution in [3.8, 4) is 0 Å². The lowest BCUT2D eigenvalue weighted by atomic mass is 10.8. The van der Waals surface area contributed by atoms with Crippen molar-refractivity contribution in [1.82, 2.24) is 0 Å². The third-order valence-corrected chi connectivity index (χ3v) is 1.46. The Labute approximate surface area is 69.7 Å². The van der Waals surface area contributed by atoms with Gasteiger partial charge in [-0.05, 0) is 6.92 Å². The first-order valence-electron chi connectivity index (χ1n) is 3.17. The molecule has 0 bridgehead atoms. The second kappa shape index (κ2) is 4.91. The van der Waals surface area contributed by atoms with Gasteiger partial charge in [-0.15, -0.1) is 3.89 Å². The first-order valence-corrected chi connectivity index (χ1v) is 4.73. The molecule has 72 valence electrons. The van der Waals surface area contributed by atoms with Gasteiger partial charge >= 0.3 is 16.4 Å². The Morgan fingerprint density at radius 1 is 1.42 bits per heavy atom. The lowest BCUT2D eigenvalue weighted by Gasteiger charge is -2.01. The predicted octanol–water partition coefficient (Wildman–Crippen LogP) is 0.459. The van der Waals surface area contributed by atoms with Gasteiger partial charge in [0.1, 0.15) is 12.4 Å². The third-order valence-electron chi connectivity index (χ3n) is 0.809. The lowest BCUT2D eigenvalue weighted by Crippen LogP contribution is -2.13. The molecule has 0 fully saturated rings. The Kier molecular flexibility index (Phi) is 4.57. The average Bonchev–Trinajstić information content (AvgIpc) is 1.84. The van der Waals surface area contributed by atoms with Crippen LogP contribution in [0.25, 0.3) is 0 Å². The molecule has 0 radical (unpaired) electrons. The molecular weight excluding hydrogens is 191 g/mol. The first kappa shape index (κ1) is 11.2. The number of rotatable bonds is 4. The zero-order valence-electron chi connectivity index (χ0n) is 6.45. The van der Waals surface area contributed by atoms with Crippen molar-refractivity contribution >= 4 is 16.4 Å². The minimum atomic E-state index is -4.57. The van der Waals surface area contributed by atoms with Crippen LogP contribution in [-0.4, -0.2) is 33.5 Å². The maximum Gasteiger partial charge on any atom is 0.508 e. The van der Waals surface area contributed by atoms with Crippen molar-refractivity contribution in [3.05, 3.63) is 0 Å². The number of carbonyl (C=O) groups excluding carboxylic acids is 1. The summed E-state index contributed by atoms with van der Waals surface area (Å²) in [5.74, 6) is -0.841. The summed E-state index contributed by atoms with van der Waals surface area (Å²) in [7, 11) is -4.57. The van der Waals surface area contributed by atoms with Crippen LogP contribution in [0, 0.1) is 0 Å². The number of hydrogen-bond donors (Lipinski definition) is 0. The summed E-state index contributed by atoms with van der Waals surface area (Å²) in [5, 5.41) is 0. The largest absolute Gasteiger partial charge is 0.508 e. The minimum absolute atomic E-state index is 0.126. The summed E-state index contributed by atoms with van der Waals surface area (Å²) in [6.45, 7) is 1.16. The van der Waals surface area contributed by atoms with E-state index in [1.54, 1.807) is 6.92 Å². The Balaban J connectivity index is 3.51. The van der Waals surface area contributed by atoms with E-state index in [1.807, 2.05) is 0 Å². The highest BCUT2D eigenvalue weighted by molar-refractivity contribution is 7.86. The van der Waals surface area contributed by atoms with Crippen LogP contribution < -0.4 is 0 Å². The zero-order valence-corrected chi connectivity index (χ0v) is 7.27. The molecule has 0 saturated carbocycles.